The highest BCUT2D eigenvalue weighted by molar-refractivity contribution is 5.01. The van der Waals surface area contributed by atoms with E-state index in [0.717, 1.165) is 25.2 Å². The van der Waals surface area contributed by atoms with Crippen molar-refractivity contribution in [3.63, 3.8) is 0 Å². The quantitative estimate of drug-likeness (QED) is 0.601. The predicted molar refractivity (Wildman–Crippen MR) is 41.2 cm³/mol. The molecule has 0 aromatic carbocycles. The van der Waals surface area contributed by atoms with Crippen molar-refractivity contribution in [1.82, 2.24) is 0 Å². The van der Waals surface area contributed by atoms with Crippen LogP contribution in [0.25, 0.3) is 0 Å². The Labute approximate surface area is 66.6 Å². The normalized spacial score (nSPS) is 22.2. The molecule has 3 nitrogen and oxygen atoms in total. The Balaban J connectivity index is 2.38. The molecule has 1 heterocycles. The molecule has 0 atom stereocenters. The van der Waals surface area contributed by atoms with Crippen LogP contribution in [0.1, 0.15) is 13.3 Å². The first-order valence-corrected chi connectivity index (χ1v) is 3.85. The maximum Gasteiger partial charge on any atom is 0.179 e. The second kappa shape index (κ2) is 4.49. The van der Waals surface area contributed by atoms with E-state index >= 15 is 0 Å². The number of aliphatic hydroxyl groups is 1. The van der Waals surface area contributed by atoms with Gasteiger partial charge in [-0.3, -0.25) is 0 Å². The molecule has 0 aromatic rings. The van der Waals surface area contributed by atoms with E-state index in [4.69, 9.17) is 14.6 Å². The lowest BCUT2D eigenvalue weighted by Gasteiger charge is -2.23. The van der Waals surface area contributed by atoms with Crippen LogP contribution in [0.3, 0.4) is 0 Å². The standard InChI is InChI=1S/C8H14O3/c1-7(3-4-9)8-10-5-2-6-11-8/h3,8-9H,2,4-6H2,1H3. The molecule has 0 unspecified atom stereocenters. The molecule has 1 aliphatic heterocycles. The SMILES string of the molecule is CC(=CCO)C1OCCCO1. The van der Waals surface area contributed by atoms with Gasteiger partial charge in [0.05, 0.1) is 19.8 Å². The minimum atomic E-state index is -0.226. The second-order valence-corrected chi connectivity index (χ2v) is 2.56. The molecule has 0 amide bonds. The van der Waals surface area contributed by atoms with E-state index in [0.29, 0.717) is 0 Å². The Kier molecular flexibility index (Phi) is 3.56. The Morgan fingerprint density at radius 1 is 1.55 bits per heavy atom. The summed E-state index contributed by atoms with van der Waals surface area (Å²) in [6, 6.07) is 0. The number of rotatable bonds is 2. The molecule has 0 bridgehead atoms. The summed E-state index contributed by atoms with van der Waals surface area (Å²) in [5, 5.41) is 8.58. The summed E-state index contributed by atoms with van der Waals surface area (Å²) in [4.78, 5) is 0. The molecule has 11 heavy (non-hydrogen) atoms. The van der Waals surface area contributed by atoms with Gasteiger partial charge in [-0.05, 0) is 18.9 Å². The number of ether oxygens (including phenoxy) is 2. The molecule has 0 aliphatic carbocycles. The lowest BCUT2D eigenvalue weighted by Crippen LogP contribution is -2.25. The van der Waals surface area contributed by atoms with E-state index in [2.05, 4.69) is 0 Å². The molecule has 0 saturated carbocycles. The van der Waals surface area contributed by atoms with Crippen LogP contribution < -0.4 is 0 Å². The van der Waals surface area contributed by atoms with Crippen LogP contribution >= 0.6 is 0 Å². The first kappa shape index (κ1) is 8.71. The molecule has 1 fully saturated rings. The number of hydrogen-bond acceptors (Lipinski definition) is 3. The first-order valence-electron chi connectivity index (χ1n) is 3.85. The third kappa shape index (κ3) is 2.61. The first-order chi connectivity index (χ1) is 5.34. The summed E-state index contributed by atoms with van der Waals surface area (Å²) in [6.45, 7) is 3.45. The molecule has 3 heteroatoms. The monoisotopic (exact) mass is 158 g/mol. The molecule has 1 saturated heterocycles. The fourth-order valence-electron chi connectivity index (χ4n) is 0.991. The Bertz CT molecular complexity index is 136. The van der Waals surface area contributed by atoms with Crippen LogP contribution in [-0.4, -0.2) is 31.2 Å². The van der Waals surface area contributed by atoms with Crippen molar-refractivity contribution in [2.24, 2.45) is 0 Å². The highest BCUT2D eigenvalue weighted by Gasteiger charge is 2.14. The van der Waals surface area contributed by atoms with Crippen LogP contribution in [0.4, 0.5) is 0 Å². The Hall–Kier alpha value is -0.380. The third-order valence-electron chi connectivity index (χ3n) is 1.61. The van der Waals surface area contributed by atoms with E-state index in [9.17, 15) is 0 Å². The summed E-state index contributed by atoms with van der Waals surface area (Å²) < 4.78 is 10.6. The Morgan fingerprint density at radius 2 is 2.18 bits per heavy atom. The minimum absolute atomic E-state index is 0.0506. The summed E-state index contributed by atoms with van der Waals surface area (Å²) in [5.74, 6) is 0. The van der Waals surface area contributed by atoms with Crippen molar-refractivity contribution in [1.29, 1.82) is 0 Å². The fourth-order valence-corrected chi connectivity index (χ4v) is 0.991. The van der Waals surface area contributed by atoms with Gasteiger partial charge in [0, 0.05) is 0 Å². The zero-order chi connectivity index (χ0) is 8.10. The summed E-state index contributed by atoms with van der Waals surface area (Å²) >= 11 is 0. The topological polar surface area (TPSA) is 38.7 Å². The van der Waals surface area contributed by atoms with Gasteiger partial charge >= 0.3 is 0 Å². The third-order valence-corrected chi connectivity index (χ3v) is 1.61. The molecule has 1 aliphatic rings. The maximum atomic E-state index is 8.58. The largest absolute Gasteiger partial charge is 0.392 e. The molecule has 0 spiro atoms. The molecule has 64 valence electrons. The van der Waals surface area contributed by atoms with Crippen LogP contribution in [-0.2, 0) is 9.47 Å². The van der Waals surface area contributed by atoms with Gasteiger partial charge in [-0.1, -0.05) is 6.08 Å². The van der Waals surface area contributed by atoms with Crippen molar-refractivity contribution < 1.29 is 14.6 Å². The zero-order valence-corrected chi connectivity index (χ0v) is 6.75. The molecular weight excluding hydrogens is 144 g/mol. The fraction of sp³-hybridized carbons (Fsp3) is 0.750. The van der Waals surface area contributed by atoms with E-state index in [-0.39, 0.29) is 12.9 Å². The molecule has 1 rings (SSSR count). The number of hydrogen-bond donors (Lipinski definition) is 1. The van der Waals surface area contributed by atoms with Crippen molar-refractivity contribution in [3.8, 4) is 0 Å². The van der Waals surface area contributed by atoms with Gasteiger partial charge in [0.15, 0.2) is 6.29 Å². The average Bonchev–Trinajstić information content (AvgIpc) is 2.07. The summed E-state index contributed by atoms with van der Waals surface area (Å²) in [6.07, 6.45) is 2.44. The van der Waals surface area contributed by atoms with Crippen molar-refractivity contribution in [2.75, 3.05) is 19.8 Å². The van der Waals surface area contributed by atoms with E-state index < -0.39 is 0 Å². The van der Waals surface area contributed by atoms with Crippen molar-refractivity contribution in [2.45, 2.75) is 19.6 Å². The van der Waals surface area contributed by atoms with Gasteiger partial charge in [0.2, 0.25) is 0 Å². The van der Waals surface area contributed by atoms with Crippen LogP contribution in [0.15, 0.2) is 11.6 Å². The summed E-state index contributed by atoms with van der Waals surface area (Å²) in [7, 11) is 0. The predicted octanol–water partition coefficient (Wildman–Crippen LogP) is 0.688. The average molecular weight is 158 g/mol. The van der Waals surface area contributed by atoms with Gasteiger partial charge in [0.25, 0.3) is 0 Å². The van der Waals surface area contributed by atoms with Crippen molar-refractivity contribution >= 4 is 0 Å². The van der Waals surface area contributed by atoms with Gasteiger partial charge in [-0.2, -0.15) is 0 Å². The van der Waals surface area contributed by atoms with E-state index in [1.165, 1.54) is 0 Å². The molecule has 0 aromatic heterocycles. The van der Waals surface area contributed by atoms with Crippen molar-refractivity contribution in [3.05, 3.63) is 11.6 Å². The zero-order valence-electron chi connectivity index (χ0n) is 6.75. The molecule has 0 radical (unpaired) electrons. The minimum Gasteiger partial charge on any atom is -0.392 e. The summed E-state index contributed by atoms with van der Waals surface area (Å²) in [5.41, 5.74) is 0.951. The van der Waals surface area contributed by atoms with Gasteiger partial charge in [-0.15, -0.1) is 0 Å². The second-order valence-electron chi connectivity index (χ2n) is 2.56. The maximum absolute atomic E-state index is 8.58. The van der Waals surface area contributed by atoms with Gasteiger partial charge in [-0.25, -0.2) is 0 Å². The van der Waals surface area contributed by atoms with Crippen LogP contribution in [0, 0.1) is 0 Å². The Morgan fingerprint density at radius 3 is 2.73 bits per heavy atom. The van der Waals surface area contributed by atoms with Gasteiger partial charge in [0.1, 0.15) is 0 Å². The van der Waals surface area contributed by atoms with Gasteiger partial charge < -0.3 is 14.6 Å². The highest BCUT2D eigenvalue weighted by atomic mass is 16.7. The van der Waals surface area contributed by atoms with Crippen LogP contribution in [0.2, 0.25) is 0 Å². The van der Waals surface area contributed by atoms with Crippen LogP contribution in [0.5, 0.6) is 0 Å². The molecule has 1 N–H and O–H groups in total. The lowest BCUT2D eigenvalue weighted by atomic mass is 10.2. The number of aliphatic hydroxyl groups excluding tert-OH is 1. The van der Waals surface area contributed by atoms with E-state index in [1.54, 1.807) is 6.08 Å². The van der Waals surface area contributed by atoms with E-state index in [1.807, 2.05) is 6.92 Å². The smallest absolute Gasteiger partial charge is 0.179 e. The highest BCUT2D eigenvalue weighted by Crippen LogP contribution is 2.12. The molecular formula is C8H14O3. The lowest BCUT2D eigenvalue weighted by molar-refractivity contribution is -0.156.